The van der Waals surface area contributed by atoms with Crippen LogP contribution < -0.4 is 10.2 Å². The van der Waals surface area contributed by atoms with Crippen LogP contribution in [0.4, 0.5) is 11.4 Å². The van der Waals surface area contributed by atoms with Crippen molar-refractivity contribution in [1.29, 1.82) is 0 Å². The molecule has 0 saturated carbocycles. The third-order valence-corrected chi connectivity index (χ3v) is 4.47. The van der Waals surface area contributed by atoms with E-state index in [9.17, 15) is 9.59 Å². The number of carbonyl (C=O) groups is 2. The fourth-order valence-corrected chi connectivity index (χ4v) is 3.19. The number of imide groups is 1. The summed E-state index contributed by atoms with van der Waals surface area (Å²) in [5.41, 5.74) is 5.32. The largest absolute Gasteiger partial charge is 0.350 e. The van der Waals surface area contributed by atoms with Crippen LogP contribution in [-0.2, 0) is 9.59 Å². The van der Waals surface area contributed by atoms with Gasteiger partial charge in [-0.1, -0.05) is 29.8 Å². The highest BCUT2D eigenvalue weighted by atomic mass is 35.5. The molecule has 0 saturated heterocycles. The molecule has 0 radical (unpaired) electrons. The van der Waals surface area contributed by atoms with Crippen molar-refractivity contribution < 1.29 is 9.59 Å². The predicted molar refractivity (Wildman–Crippen MR) is 101 cm³/mol. The molecule has 0 unspecified atom stereocenters. The minimum atomic E-state index is -0.507. The number of hydrogen-bond acceptors (Lipinski definition) is 3. The number of rotatable bonds is 3. The monoisotopic (exact) mass is 354 g/mol. The Bertz CT molecular complexity index is 911. The summed E-state index contributed by atoms with van der Waals surface area (Å²) in [6, 6.07) is 11.5. The fraction of sp³-hybridized carbons (Fsp3) is 0.200. The van der Waals surface area contributed by atoms with Crippen molar-refractivity contribution in [1.82, 2.24) is 0 Å². The molecule has 128 valence electrons. The second kappa shape index (κ2) is 6.37. The van der Waals surface area contributed by atoms with Crippen LogP contribution in [-0.4, -0.2) is 11.8 Å². The van der Waals surface area contributed by atoms with E-state index in [1.165, 1.54) is 0 Å². The highest BCUT2D eigenvalue weighted by molar-refractivity contribution is 6.53. The molecule has 1 aliphatic heterocycles. The lowest BCUT2D eigenvalue weighted by molar-refractivity contribution is -0.120. The van der Waals surface area contributed by atoms with E-state index in [0.717, 1.165) is 32.8 Å². The van der Waals surface area contributed by atoms with Gasteiger partial charge in [-0.3, -0.25) is 9.59 Å². The lowest BCUT2D eigenvalue weighted by Gasteiger charge is -2.18. The van der Waals surface area contributed by atoms with Crippen molar-refractivity contribution in [2.24, 2.45) is 0 Å². The average molecular weight is 355 g/mol. The summed E-state index contributed by atoms with van der Waals surface area (Å²) in [7, 11) is 0. The van der Waals surface area contributed by atoms with Crippen molar-refractivity contribution in [3.05, 3.63) is 69.4 Å². The van der Waals surface area contributed by atoms with Gasteiger partial charge in [0.25, 0.3) is 11.8 Å². The van der Waals surface area contributed by atoms with Gasteiger partial charge >= 0.3 is 0 Å². The van der Waals surface area contributed by atoms with Crippen LogP contribution >= 0.6 is 11.6 Å². The molecule has 0 fully saturated rings. The van der Waals surface area contributed by atoms with E-state index in [1.54, 1.807) is 0 Å². The second-order valence-corrected chi connectivity index (χ2v) is 6.80. The lowest BCUT2D eigenvalue weighted by Crippen LogP contribution is -2.32. The molecule has 1 aliphatic rings. The smallest absolute Gasteiger partial charge is 0.283 e. The molecule has 4 nitrogen and oxygen atoms in total. The molecule has 0 aromatic heterocycles. The van der Waals surface area contributed by atoms with Crippen LogP contribution in [0.1, 0.15) is 22.3 Å². The standard InChI is InChI=1S/C20H19ClN2O2/c1-11-5-6-14(4)16(10-11)23-19(24)17(21)18(20(23)25)22-15-8-12(2)7-13(3)9-15/h5-10,22H,1-4H3. The van der Waals surface area contributed by atoms with Crippen LogP contribution in [0, 0.1) is 27.7 Å². The Kier molecular flexibility index (Phi) is 4.39. The van der Waals surface area contributed by atoms with Gasteiger partial charge in [-0.15, -0.1) is 0 Å². The van der Waals surface area contributed by atoms with Crippen molar-refractivity contribution >= 4 is 34.8 Å². The molecule has 3 rings (SSSR count). The number of carbonyl (C=O) groups excluding carboxylic acids is 2. The summed E-state index contributed by atoms with van der Waals surface area (Å²) in [5.74, 6) is -0.949. The first-order chi connectivity index (χ1) is 11.8. The first-order valence-corrected chi connectivity index (χ1v) is 8.37. The van der Waals surface area contributed by atoms with Crippen molar-refractivity contribution in [3.8, 4) is 0 Å². The number of halogens is 1. The van der Waals surface area contributed by atoms with E-state index in [1.807, 2.05) is 64.1 Å². The van der Waals surface area contributed by atoms with Crippen molar-refractivity contribution in [2.45, 2.75) is 27.7 Å². The van der Waals surface area contributed by atoms with Crippen molar-refractivity contribution in [3.63, 3.8) is 0 Å². The third kappa shape index (κ3) is 3.17. The highest BCUT2D eigenvalue weighted by Crippen LogP contribution is 2.32. The number of aryl methyl sites for hydroxylation is 4. The summed E-state index contributed by atoms with van der Waals surface area (Å²) >= 11 is 6.19. The fourth-order valence-electron chi connectivity index (χ4n) is 2.98. The Hall–Kier alpha value is -2.59. The first-order valence-electron chi connectivity index (χ1n) is 7.99. The molecule has 0 spiro atoms. The minimum Gasteiger partial charge on any atom is -0.350 e. The van der Waals surface area contributed by atoms with E-state index >= 15 is 0 Å². The molecule has 0 aliphatic carbocycles. The van der Waals surface area contributed by atoms with Crippen molar-refractivity contribution in [2.75, 3.05) is 10.2 Å². The topological polar surface area (TPSA) is 49.4 Å². The van der Waals surface area contributed by atoms with Crippen LogP contribution in [0.2, 0.25) is 0 Å². The average Bonchev–Trinajstić information content (AvgIpc) is 2.73. The number of amides is 2. The molecule has 2 aromatic rings. The highest BCUT2D eigenvalue weighted by Gasteiger charge is 2.39. The molecule has 0 atom stereocenters. The second-order valence-electron chi connectivity index (χ2n) is 6.43. The Labute approximate surface area is 152 Å². The molecule has 2 amide bonds. The number of hydrogen-bond donors (Lipinski definition) is 1. The normalized spacial score (nSPS) is 14.5. The zero-order valence-electron chi connectivity index (χ0n) is 14.6. The number of nitrogens with one attached hydrogen (secondary N) is 1. The van der Waals surface area contributed by atoms with Crippen LogP contribution in [0.3, 0.4) is 0 Å². The van der Waals surface area contributed by atoms with Gasteiger partial charge in [0.05, 0.1) is 5.69 Å². The Morgan fingerprint density at radius 1 is 0.840 bits per heavy atom. The van der Waals surface area contributed by atoms with Gasteiger partial charge < -0.3 is 5.32 Å². The molecule has 1 heterocycles. The van der Waals surface area contributed by atoms with E-state index < -0.39 is 11.8 Å². The first kappa shape index (κ1) is 17.2. The van der Waals surface area contributed by atoms with Gasteiger partial charge in [0.15, 0.2) is 0 Å². The van der Waals surface area contributed by atoms with Crippen LogP contribution in [0.25, 0.3) is 0 Å². The molecule has 5 heteroatoms. The Morgan fingerprint density at radius 2 is 1.48 bits per heavy atom. The van der Waals surface area contributed by atoms with Crippen LogP contribution in [0.15, 0.2) is 47.1 Å². The summed E-state index contributed by atoms with van der Waals surface area (Å²) in [5, 5.41) is 2.93. The van der Waals surface area contributed by atoms with Gasteiger partial charge in [0.1, 0.15) is 10.7 Å². The zero-order valence-corrected chi connectivity index (χ0v) is 15.4. The molecule has 2 aromatic carbocycles. The Morgan fingerprint density at radius 3 is 2.12 bits per heavy atom. The molecular weight excluding hydrogens is 336 g/mol. The summed E-state index contributed by atoms with van der Waals surface area (Å²) in [6.45, 7) is 7.71. The summed E-state index contributed by atoms with van der Waals surface area (Å²) < 4.78 is 0. The van der Waals surface area contributed by atoms with E-state index in [2.05, 4.69) is 5.32 Å². The lowest BCUT2D eigenvalue weighted by atomic mass is 10.1. The van der Waals surface area contributed by atoms with Gasteiger partial charge in [-0.05, 0) is 68.1 Å². The van der Waals surface area contributed by atoms with Gasteiger partial charge in [0.2, 0.25) is 0 Å². The van der Waals surface area contributed by atoms with Gasteiger partial charge in [-0.2, -0.15) is 0 Å². The molecule has 25 heavy (non-hydrogen) atoms. The maximum atomic E-state index is 12.9. The van der Waals surface area contributed by atoms with Gasteiger partial charge in [0, 0.05) is 5.69 Å². The predicted octanol–water partition coefficient (Wildman–Crippen LogP) is 4.36. The molecule has 1 N–H and O–H groups in total. The number of benzene rings is 2. The maximum absolute atomic E-state index is 12.9. The van der Waals surface area contributed by atoms with Gasteiger partial charge in [-0.25, -0.2) is 4.90 Å². The summed E-state index contributed by atoms with van der Waals surface area (Å²) in [6.07, 6.45) is 0. The van der Waals surface area contributed by atoms with Crippen LogP contribution in [0.5, 0.6) is 0 Å². The van der Waals surface area contributed by atoms with E-state index in [4.69, 9.17) is 11.6 Å². The summed E-state index contributed by atoms with van der Waals surface area (Å²) in [4.78, 5) is 26.6. The quantitative estimate of drug-likeness (QED) is 0.833. The number of anilines is 2. The number of nitrogens with zero attached hydrogens (tertiary/aromatic N) is 1. The Balaban J connectivity index is 1.98. The molecular formula is C20H19ClN2O2. The maximum Gasteiger partial charge on any atom is 0.283 e. The zero-order chi connectivity index (χ0) is 18.3. The molecule has 0 bridgehead atoms. The SMILES string of the molecule is Cc1cc(C)cc(NC2=C(Cl)C(=O)N(c3cc(C)ccc3C)C2=O)c1. The third-order valence-electron chi connectivity index (χ3n) is 4.12. The minimum absolute atomic E-state index is 0.0925. The van der Waals surface area contributed by atoms with E-state index in [-0.39, 0.29) is 10.7 Å². The van der Waals surface area contributed by atoms with E-state index in [0.29, 0.717) is 5.69 Å².